The van der Waals surface area contributed by atoms with Crippen LogP contribution in [0.4, 0.5) is 0 Å². The number of rotatable bonds is 5. The summed E-state index contributed by atoms with van der Waals surface area (Å²) in [6.07, 6.45) is 3.90. The van der Waals surface area contributed by atoms with Crippen molar-refractivity contribution in [2.24, 2.45) is 56.7 Å². The molecular formula is C35H56O8. The molecule has 0 spiro atoms. The van der Waals surface area contributed by atoms with Crippen LogP contribution in [0, 0.1) is 56.7 Å². The first-order valence-electron chi connectivity index (χ1n) is 16.9. The van der Waals surface area contributed by atoms with Crippen molar-refractivity contribution in [2.45, 2.75) is 130 Å². The summed E-state index contributed by atoms with van der Waals surface area (Å²) >= 11 is 0. The first-order chi connectivity index (χ1) is 20.1. The third kappa shape index (κ3) is 4.18. The Labute approximate surface area is 257 Å². The van der Waals surface area contributed by atoms with E-state index in [-0.39, 0.29) is 53.3 Å². The number of hydrogen-bond acceptors (Lipinski definition) is 7. The van der Waals surface area contributed by atoms with E-state index in [0.717, 1.165) is 63.4 Å². The van der Waals surface area contributed by atoms with Gasteiger partial charge >= 0.3 is 5.97 Å². The fourth-order valence-corrected chi connectivity index (χ4v) is 12.8. The summed E-state index contributed by atoms with van der Waals surface area (Å²) in [6, 6.07) is 0. The van der Waals surface area contributed by atoms with E-state index in [9.17, 15) is 30.3 Å². The lowest BCUT2D eigenvalue weighted by Gasteiger charge is -2.73. The van der Waals surface area contributed by atoms with E-state index in [2.05, 4.69) is 41.2 Å². The molecule has 244 valence electrons. The molecule has 0 aromatic carbocycles. The highest BCUT2D eigenvalue weighted by Gasteiger charge is 2.72. The third-order valence-corrected chi connectivity index (χ3v) is 15.3. The lowest BCUT2D eigenvalue weighted by molar-refractivity contribution is -0.316. The van der Waals surface area contributed by atoms with Gasteiger partial charge in [0.1, 0.15) is 18.3 Å². The lowest BCUT2D eigenvalue weighted by Crippen LogP contribution is -2.68. The number of carboxylic acids is 1. The van der Waals surface area contributed by atoms with Crippen LogP contribution in [0.2, 0.25) is 0 Å². The largest absolute Gasteiger partial charge is 0.481 e. The third-order valence-electron chi connectivity index (χ3n) is 15.3. The highest BCUT2D eigenvalue weighted by atomic mass is 16.7. The first-order valence-corrected chi connectivity index (χ1v) is 16.9. The van der Waals surface area contributed by atoms with Crippen LogP contribution >= 0.6 is 0 Å². The van der Waals surface area contributed by atoms with Crippen LogP contribution in [-0.4, -0.2) is 75.4 Å². The molecule has 5 N–H and O–H groups in total. The Kier molecular flexibility index (Phi) is 7.79. The Hall–Kier alpha value is -1.03. The van der Waals surface area contributed by atoms with Gasteiger partial charge in [-0.05, 0) is 117 Å². The van der Waals surface area contributed by atoms with E-state index in [1.807, 2.05) is 0 Å². The Bertz CT molecular complexity index is 1130. The van der Waals surface area contributed by atoms with Gasteiger partial charge < -0.3 is 35.0 Å². The molecule has 6 unspecified atom stereocenters. The number of aliphatic carboxylic acids is 1. The van der Waals surface area contributed by atoms with Gasteiger partial charge in [0.15, 0.2) is 6.29 Å². The van der Waals surface area contributed by atoms with E-state index in [0.29, 0.717) is 18.3 Å². The zero-order valence-electron chi connectivity index (χ0n) is 26.9. The van der Waals surface area contributed by atoms with Gasteiger partial charge in [-0.2, -0.15) is 0 Å². The number of carbonyl (C=O) groups is 1. The zero-order valence-corrected chi connectivity index (χ0v) is 26.9. The molecule has 0 aromatic heterocycles. The molecule has 0 amide bonds. The second kappa shape index (κ2) is 10.5. The minimum atomic E-state index is -1.35. The summed E-state index contributed by atoms with van der Waals surface area (Å²) in [5.74, 6) is 0.829. The van der Waals surface area contributed by atoms with E-state index < -0.39 is 41.4 Å². The van der Waals surface area contributed by atoms with Gasteiger partial charge in [0.25, 0.3) is 0 Å². The normalized spacial score (nSPS) is 56.3. The Morgan fingerprint density at radius 2 is 1.60 bits per heavy atom. The van der Waals surface area contributed by atoms with Crippen LogP contribution in [0.25, 0.3) is 0 Å². The predicted molar refractivity (Wildman–Crippen MR) is 161 cm³/mol. The van der Waals surface area contributed by atoms with Crippen molar-refractivity contribution >= 4 is 5.97 Å². The quantitative estimate of drug-likeness (QED) is 0.228. The van der Waals surface area contributed by atoms with Crippen LogP contribution in [0.15, 0.2) is 12.2 Å². The average Bonchev–Trinajstić information content (AvgIpc) is 3.36. The lowest BCUT2D eigenvalue weighted by atomic mass is 9.32. The molecule has 6 rings (SSSR count). The molecule has 6 fully saturated rings. The van der Waals surface area contributed by atoms with Crippen molar-refractivity contribution < 1.29 is 39.8 Å². The zero-order chi connectivity index (χ0) is 31.3. The molecule has 1 saturated heterocycles. The maximum Gasteiger partial charge on any atom is 0.309 e. The van der Waals surface area contributed by atoms with E-state index in [1.54, 1.807) is 0 Å². The van der Waals surface area contributed by atoms with Gasteiger partial charge in [0, 0.05) is 5.41 Å². The fraction of sp³-hybridized carbons (Fsp3) is 0.914. The summed E-state index contributed by atoms with van der Waals surface area (Å²) in [7, 11) is 0. The van der Waals surface area contributed by atoms with Crippen LogP contribution in [-0.2, 0) is 14.3 Å². The van der Waals surface area contributed by atoms with Gasteiger partial charge in [-0.25, -0.2) is 0 Å². The molecule has 8 nitrogen and oxygen atoms in total. The van der Waals surface area contributed by atoms with Crippen molar-refractivity contribution in [1.29, 1.82) is 0 Å². The molecule has 5 aliphatic carbocycles. The van der Waals surface area contributed by atoms with Gasteiger partial charge in [-0.3, -0.25) is 4.79 Å². The minimum absolute atomic E-state index is 0.0230. The topological polar surface area (TPSA) is 137 Å². The standard InChI is InChI=1S/C35H56O8/c1-19(2)20-9-14-35(30(40)41)16-15-33(5)21(26(20)35)7-8-24-31(3)12-11-25(43-29-28(39)27(38)22(37)17-42-29)32(4,18-36)23(31)10-13-34(24,33)6/h20-29,36-39H,1,7-18H2,2-6H3,(H,40,41)/t20?,21?,22-,23?,24?,25+,26?,27?,28+,29-,31+,32+,33-,34-,35+/m1/s1. The molecule has 0 bridgehead atoms. The SMILES string of the molecule is C=C(C)C1CC[C@]2(C(=O)O)CC[C@]3(C)C(CCC4[C@@]5(C)CC[C@H](O[C@H]6OC[C@@H](O)C(O)[C@@H]6O)[C@@](C)(CO)C5CC[C@]43C)C12. The second-order valence-corrected chi connectivity index (χ2v) is 16.7. The summed E-state index contributed by atoms with van der Waals surface area (Å²) < 4.78 is 12.0. The summed E-state index contributed by atoms with van der Waals surface area (Å²) in [5.41, 5.74) is 0.0272. The highest BCUT2D eigenvalue weighted by molar-refractivity contribution is 5.76. The summed E-state index contributed by atoms with van der Waals surface area (Å²) in [4.78, 5) is 12.9. The Morgan fingerprint density at radius 3 is 2.26 bits per heavy atom. The summed E-state index contributed by atoms with van der Waals surface area (Å²) in [6.45, 7) is 15.9. The number of aliphatic hydroxyl groups is 4. The van der Waals surface area contributed by atoms with Gasteiger partial charge in [-0.15, -0.1) is 0 Å². The molecule has 15 atom stereocenters. The van der Waals surface area contributed by atoms with Crippen LogP contribution in [0.3, 0.4) is 0 Å². The highest BCUT2D eigenvalue weighted by Crippen LogP contribution is 2.77. The maximum atomic E-state index is 12.9. The maximum absolute atomic E-state index is 12.9. The molecular weight excluding hydrogens is 548 g/mol. The van der Waals surface area contributed by atoms with Crippen molar-refractivity contribution in [1.82, 2.24) is 0 Å². The van der Waals surface area contributed by atoms with Crippen LogP contribution in [0.1, 0.15) is 98.8 Å². The second-order valence-electron chi connectivity index (χ2n) is 16.7. The van der Waals surface area contributed by atoms with Gasteiger partial charge in [0.05, 0.1) is 24.7 Å². The molecule has 1 heterocycles. The Balaban J connectivity index is 1.30. The summed E-state index contributed by atoms with van der Waals surface area (Å²) in [5, 5.41) is 52.4. The number of aliphatic hydroxyl groups excluding tert-OH is 4. The molecule has 5 saturated carbocycles. The molecule has 0 radical (unpaired) electrons. The first kappa shape index (κ1) is 31.9. The van der Waals surface area contributed by atoms with E-state index >= 15 is 0 Å². The van der Waals surface area contributed by atoms with Crippen molar-refractivity contribution in [3.63, 3.8) is 0 Å². The molecule has 43 heavy (non-hydrogen) atoms. The number of ether oxygens (including phenoxy) is 2. The van der Waals surface area contributed by atoms with E-state index in [1.165, 1.54) is 0 Å². The van der Waals surface area contributed by atoms with Crippen LogP contribution < -0.4 is 0 Å². The van der Waals surface area contributed by atoms with Crippen molar-refractivity contribution in [2.75, 3.05) is 13.2 Å². The number of hydrogen-bond donors (Lipinski definition) is 5. The Morgan fingerprint density at radius 1 is 0.884 bits per heavy atom. The fourth-order valence-electron chi connectivity index (χ4n) is 12.8. The van der Waals surface area contributed by atoms with E-state index in [4.69, 9.17) is 9.47 Å². The van der Waals surface area contributed by atoms with Crippen LogP contribution in [0.5, 0.6) is 0 Å². The van der Waals surface area contributed by atoms with Gasteiger partial charge in [-0.1, -0.05) is 39.8 Å². The van der Waals surface area contributed by atoms with Gasteiger partial charge in [0.2, 0.25) is 0 Å². The van der Waals surface area contributed by atoms with Crippen molar-refractivity contribution in [3.05, 3.63) is 12.2 Å². The minimum Gasteiger partial charge on any atom is -0.481 e. The van der Waals surface area contributed by atoms with Crippen molar-refractivity contribution in [3.8, 4) is 0 Å². The number of fused-ring (bicyclic) bond motifs is 7. The molecule has 0 aromatic rings. The smallest absolute Gasteiger partial charge is 0.309 e. The molecule has 6 aliphatic rings. The number of carboxylic acid groups (broad SMARTS) is 1. The molecule has 8 heteroatoms. The predicted octanol–water partition coefficient (Wildman–Crippen LogP) is 4.53. The average molecular weight is 605 g/mol. The molecule has 1 aliphatic heterocycles. The monoisotopic (exact) mass is 604 g/mol. The number of allylic oxidation sites excluding steroid dienone is 1.